The van der Waals surface area contributed by atoms with E-state index in [9.17, 15) is 18.0 Å². The monoisotopic (exact) mass is 405 g/mol. The van der Waals surface area contributed by atoms with Crippen molar-refractivity contribution in [3.05, 3.63) is 54.2 Å². The summed E-state index contributed by atoms with van der Waals surface area (Å²) in [7, 11) is 0. The van der Waals surface area contributed by atoms with Crippen molar-refractivity contribution < 1.29 is 27.1 Å². The molecule has 0 aliphatic rings. The molecule has 1 amide bonds. The molecule has 0 aliphatic heterocycles. The number of amides is 1. The maximum absolute atomic E-state index is 12.3. The lowest BCUT2D eigenvalue weighted by Crippen LogP contribution is -2.26. The zero-order valence-electron chi connectivity index (χ0n) is 14.7. The van der Waals surface area contributed by atoms with E-state index >= 15 is 0 Å². The normalized spacial score (nSPS) is 11.7. The predicted molar refractivity (Wildman–Crippen MR) is 95.1 cm³/mol. The highest BCUT2D eigenvalue weighted by atomic mass is 19.4. The van der Waals surface area contributed by atoms with E-state index in [1.54, 1.807) is 18.2 Å². The van der Waals surface area contributed by atoms with E-state index in [2.05, 4.69) is 30.2 Å². The van der Waals surface area contributed by atoms with E-state index in [-0.39, 0.29) is 18.0 Å². The highest BCUT2D eigenvalue weighted by molar-refractivity contribution is 5.98. The van der Waals surface area contributed by atoms with Gasteiger partial charge in [0.25, 0.3) is 5.91 Å². The van der Waals surface area contributed by atoms with E-state index in [0.29, 0.717) is 34.7 Å². The third-order valence-corrected chi connectivity index (χ3v) is 3.99. The van der Waals surface area contributed by atoms with Gasteiger partial charge >= 0.3 is 6.36 Å². The summed E-state index contributed by atoms with van der Waals surface area (Å²) < 4.78 is 46.1. The summed E-state index contributed by atoms with van der Waals surface area (Å²) in [6, 6.07) is 8.82. The van der Waals surface area contributed by atoms with Crippen LogP contribution < -0.4 is 10.1 Å². The Morgan fingerprint density at radius 1 is 1.24 bits per heavy atom. The Hall–Kier alpha value is -3.76. The molecule has 0 spiro atoms. The summed E-state index contributed by atoms with van der Waals surface area (Å²) in [5.74, 6) is 0.761. The van der Waals surface area contributed by atoms with Gasteiger partial charge in [0.2, 0.25) is 5.82 Å². The summed E-state index contributed by atoms with van der Waals surface area (Å²) in [6.45, 7) is 0.281. The van der Waals surface area contributed by atoms with E-state index < -0.39 is 12.3 Å². The Kier molecular flexibility index (Phi) is 4.71. The zero-order valence-corrected chi connectivity index (χ0v) is 14.7. The van der Waals surface area contributed by atoms with Gasteiger partial charge in [-0.25, -0.2) is 4.98 Å². The van der Waals surface area contributed by atoms with Crippen LogP contribution in [-0.2, 0) is 6.42 Å². The molecule has 1 aromatic carbocycles. The van der Waals surface area contributed by atoms with Gasteiger partial charge in [-0.3, -0.25) is 9.89 Å². The van der Waals surface area contributed by atoms with Crippen LogP contribution in [0.25, 0.3) is 22.5 Å². The molecule has 4 rings (SSSR count). The van der Waals surface area contributed by atoms with Gasteiger partial charge in [-0.2, -0.15) is 5.10 Å². The van der Waals surface area contributed by atoms with Crippen molar-refractivity contribution in [1.82, 2.24) is 25.5 Å². The standard InChI is InChI=1S/C18H14F3N5O3/c19-18(20,21)29-11-4-3-10-8-13(23-12(10)9-11)17(27)22-6-5-15-24-16(26-25-15)14-2-1-7-28-14/h1-4,7-9,23H,5-6H2,(H,22,27)(H,24,25,26). The maximum atomic E-state index is 12.3. The lowest BCUT2D eigenvalue weighted by atomic mass is 10.2. The van der Waals surface area contributed by atoms with Gasteiger partial charge in [0.05, 0.1) is 6.26 Å². The molecule has 0 aliphatic carbocycles. The van der Waals surface area contributed by atoms with Gasteiger partial charge in [-0.15, -0.1) is 13.2 Å². The fraction of sp³-hybridized carbons (Fsp3) is 0.167. The number of hydrogen-bond donors (Lipinski definition) is 3. The van der Waals surface area contributed by atoms with Crippen molar-refractivity contribution in [2.45, 2.75) is 12.8 Å². The number of furan rings is 1. The number of carbonyl (C=O) groups excluding carboxylic acids is 1. The van der Waals surface area contributed by atoms with Crippen LogP contribution in [0.5, 0.6) is 5.75 Å². The molecular formula is C18H14F3N5O3. The molecule has 0 fully saturated rings. The molecule has 0 saturated carbocycles. The maximum Gasteiger partial charge on any atom is 0.573 e. The Morgan fingerprint density at radius 2 is 2.10 bits per heavy atom. The molecule has 4 aromatic rings. The van der Waals surface area contributed by atoms with Crippen LogP contribution in [0.15, 0.2) is 47.1 Å². The first-order valence-electron chi connectivity index (χ1n) is 8.49. The largest absolute Gasteiger partial charge is 0.573 e. The van der Waals surface area contributed by atoms with Crippen molar-refractivity contribution in [3.63, 3.8) is 0 Å². The highest BCUT2D eigenvalue weighted by Gasteiger charge is 2.31. The minimum atomic E-state index is -4.78. The van der Waals surface area contributed by atoms with Crippen LogP contribution in [0.3, 0.4) is 0 Å². The second-order valence-electron chi connectivity index (χ2n) is 6.07. The van der Waals surface area contributed by atoms with Crippen LogP contribution in [0.2, 0.25) is 0 Å². The molecule has 0 bridgehead atoms. The summed E-state index contributed by atoms with van der Waals surface area (Å²) >= 11 is 0. The quantitative estimate of drug-likeness (QED) is 0.456. The first-order valence-corrected chi connectivity index (χ1v) is 8.49. The third kappa shape index (κ3) is 4.39. The van der Waals surface area contributed by atoms with Crippen molar-refractivity contribution >= 4 is 16.8 Å². The molecule has 0 radical (unpaired) electrons. The Labute approximate surface area is 161 Å². The number of halogens is 3. The number of benzene rings is 1. The number of aromatic nitrogens is 4. The fourth-order valence-electron chi connectivity index (χ4n) is 2.74. The summed E-state index contributed by atoms with van der Waals surface area (Å²) in [5, 5.41) is 10.1. The van der Waals surface area contributed by atoms with Crippen molar-refractivity contribution in [2.75, 3.05) is 6.54 Å². The van der Waals surface area contributed by atoms with E-state index in [0.717, 1.165) is 0 Å². The Bertz CT molecular complexity index is 1130. The van der Waals surface area contributed by atoms with Gasteiger partial charge in [0, 0.05) is 29.9 Å². The van der Waals surface area contributed by atoms with E-state index in [1.807, 2.05) is 0 Å². The topological polar surface area (TPSA) is 109 Å². The van der Waals surface area contributed by atoms with Gasteiger partial charge in [-0.1, -0.05) is 0 Å². The van der Waals surface area contributed by atoms with Crippen LogP contribution in [0.1, 0.15) is 16.3 Å². The third-order valence-electron chi connectivity index (χ3n) is 3.99. The number of rotatable bonds is 6. The zero-order chi connectivity index (χ0) is 20.4. The lowest BCUT2D eigenvalue weighted by molar-refractivity contribution is -0.274. The van der Waals surface area contributed by atoms with Crippen LogP contribution in [-0.4, -0.2) is 39.0 Å². The second kappa shape index (κ2) is 7.34. The summed E-state index contributed by atoms with van der Waals surface area (Å²) in [6.07, 6.45) is -2.86. The summed E-state index contributed by atoms with van der Waals surface area (Å²) in [4.78, 5) is 19.4. The summed E-state index contributed by atoms with van der Waals surface area (Å²) in [5.41, 5.74) is 0.577. The second-order valence-corrected chi connectivity index (χ2v) is 6.07. The molecule has 0 atom stereocenters. The first-order chi connectivity index (χ1) is 13.9. The fourth-order valence-corrected chi connectivity index (χ4v) is 2.74. The van der Waals surface area contributed by atoms with E-state index in [1.165, 1.54) is 24.5 Å². The Morgan fingerprint density at radius 3 is 2.86 bits per heavy atom. The number of H-pyrrole nitrogens is 2. The molecule has 3 heterocycles. The van der Waals surface area contributed by atoms with Crippen LogP contribution in [0, 0.1) is 0 Å². The van der Waals surface area contributed by atoms with Crippen molar-refractivity contribution in [3.8, 4) is 17.3 Å². The SMILES string of the molecule is O=C(NCCc1nc(-c2ccco2)n[nH]1)c1cc2ccc(OC(F)(F)F)cc2[nH]1. The number of fused-ring (bicyclic) bond motifs is 1. The van der Waals surface area contributed by atoms with Crippen LogP contribution in [0.4, 0.5) is 13.2 Å². The highest BCUT2D eigenvalue weighted by Crippen LogP contribution is 2.26. The molecule has 150 valence electrons. The first kappa shape index (κ1) is 18.6. The molecule has 11 heteroatoms. The number of ether oxygens (including phenoxy) is 1. The number of nitrogens with one attached hydrogen (secondary N) is 3. The average molecular weight is 405 g/mol. The average Bonchev–Trinajstić information content (AvgIpc) is 3.39. The molecule has 8 nitrogen and oxygen atoms in total. The molecule has 29 heavy (non-hydrogen) atoms. The van der Waals surface area contributed by atoms with Gasteiger partial charge in [0.15, 0.2) is 5.76 Å². The minimum absolute atomic E-state index is 0.220. The number of aromatic amines is 2. The number of carbonyl (C=O) groups is 1. The lowest BCUT2D eigenvalue weighted by Gasteiger charge is -2.08. The molecule has 3 aromatic heterocycles. The minimum Gasteiger partial charge on any atom is -0.461 e. The van der Waals surface area contributed by atoms with Gasteiger partial charge in [-0.05, 0) is 30.3 Å². The molecule has 0 unspecified atom stereocenters. The number of nitrogens with zero attached hydrogens (tertiary/aromatic N) is 2. The van der Waals surface area contributed by atoms with Gasteiger partial charge < -0.3 is 19.5 Å². The molecule has 3 N–H and O–H groups in total. The van der Waals surface area contributed by atoms with Crippen molar-refractivity contribution in [1.29, 1.82) is 0 Å². The predicted octanol–water partition coefficient (Wildman–Crippen LogP) is 3.42. The molecule has 0 saturated heterocycles. The number of alkyl halides is 3. The van der Waals surface area contributed by atoms with Crippen molar-refractivity contribution in [2.24, 2.45) is 0 Å². The van der Waals surface area contributed by atoms with Gasteiger partial charge in [0.1, 0.15) is 17.3 Å². The Balaban J connectivity index is 1.36. The smallest absolute Gasteiger partial charge is 0.461 e. The van der Waals surface area contributed by atoms with E-state index in [4.69, 9.17) is 4.42 Å². The number of hydrogen-bond acceptors (Lipinski definition) is 5. The molecular weight excluding hydrogens is 391 g/mol. The van der Waals surface area contributed by atoms with Crippen LogP contribution >= 0.6 is 0 Å².